The van der Waals surface area contributed by atoms with Crippen LogP contribution in [0.1, 0.15) is 19.3 Å². The first-order valence-electron chi connectivity index (χ1n) is 9.69. The lowest BCUT2D eigenvalue weighted by molar-refractivity contribution is -0.139. The summed E-state index contributed by atoms with van der Waals surface area (Å²) in [5.41, 5.74) is 2.39. The number of nitrogens with zero attached hydrogens (tertiary/aromatic N) is 4. The largest absolute Gasteiger partial charge is 0.418 e. The summed E-state index contributed by atoms with van der Waals surface area (Å²) in [6.45, 7) is 2.05. The van der Waals surface area contributed by atoms with Gasteiger partial charge in [-0.15, -0.1) is 4.28 Å². The van der Waals surface area contributed by atoms with E-state index in [1.165, 1.54) is 4.90 Å². The van der Waals surface area contributed by atoms with Crippen LogP contribution in [0.5, 0.6) is 0 Å². The molecule has 13 nitrogen and oxygen atoms in total. The minimum absolute atomic E-state index is 0.0914. The number of hydroxylamine groups is 3. The van der Waals surface area contributed by atoms with Crippen LogP contribution >= 0.6 is 0 Å². The molecule has 1 aromatic heterocycles. The molecule has 3 fully saturated rings. The van der Waals surface area contributed by atoms with Crippen molar-refractivity contribution in [2.75, 3.05) is 19.7 Å². The van der Waals surface area contributed by atoms with Crippen molar-refractivity contribution < 1.29 is 31.7 Å². The first-order valence-corrected chi connectivity index (χ1v) is 11.1. The maximum Gasteiger partial charge on any atom is 0.418 e. The van der Waals surface area contributed by atoms with Gasteiger partial charge >= 0.3 is 16.4 Å². The fourth-order valence-electron chi connectivity index (χ4n) is 4.23. The van der Waals surface area contributed by atoms with E-state index in [4.69, 9.17) is 9.39 Å². The normalized spacial score (nSPS) is 28.9. The van der Waals surface area contributed by atoms with Gasteiger partial charge in [0.2, 0.25) is 0 Å². The Balaban J connectivity index is 1.22. The van der Waals surface area contributed by atoms with E-state index in [2.05, 4.69) is 20.2 Å². The summed E-state index contributed by atoms with van der Waals surface area (Å²) in [5, 5.41) is 8.15. The molecule has 0 spiro atoms. The standard InChI is InChI=1S/C16H24N6O7S/c23-15(14-3-2-13-9-21(14)16(24)22(13)29-30(25,26)27)19-28-10-12-6-11(7-17-12)8-20-5-1-4-18-20/h1,4-5,11-14,17H,2-3,6-10H2,(H,19,23)(H,25,26,27)/t11-,12-,13+,14-/m0/s1. The summed E-state index contributed by atoms with van der Waals surface area (Å²) in [5.74, 6) is -0.0675. The van der Waals surface area contributed by atoms with Crippen LogP contribution in [0, 0.1) is 5.92 Å². The lowest BCUT2D eigenvalue weighted by Crippen LogP contribution is -2.50. The molecule has 2 bridgehead atoms. The third kappa shape index (κ3) is 4.73. The molecule has 1 aromatic rings. The second-order valence-electron chi connectivity index (χ2n) is 7.72. The molecule has 4 rings (SSSR count). The zero-order valence-corrected chi connectivity index (χ0v) is 16.9. The first-order chi connectivity index (χ1) is 14.3. The monoisotopic (exact) mass is 444 g/mol. The molecule has 3 aliphatic heterocycles. The van der Waals surface area contributed by atoms with Gasteiger partial charge in [-0.3, -0.25) is 18.9 Å². The van der Waals surface area contributed by atoms with E-state index >= 15 is 0 Å². The van der Waals surface area contributed by atoms with Crippen LogP contribution in [-0.4, -0.2) is 82.5 Å². The molecule has 3 N–H and O–H groups in total. The Kier molecular flexibility index (Phi) is 5.92. The summed E-state index contributed by atoms with van der Waals surface area (Å²) in [4.78, 5) is 31.4. The van der Waals surface area contributed by atoms with Crippen LogP contribution in [0.4, 0.5) is 4.79 Å². The summed E-state index contributed by atoms with van der Waals surface area (Å²) in [6.07, 6.45) is 5.22. The highest BCUT2D eigenvalue weighted by Gasteiger charge is 2.49. The first kappa shape index (κ1) is 21.0. The molecule has 3 amide bonds. The molecule has 0 unspecified atom stereocenters. The van der Waals surface area contributed by atoms with E-state index in [1.54, 1.807) is 6.20 Å². The van der Waals surface area contributed by atoms with Crippen molar-refractivity contribution in [3.63, 3.8) is 0 Å². The van der Waals surface area contributed by atoms with E-state index in [1.807, 2.05) is 16.9 Å². The zero-order chi connectivity index (χ0) is 21.3. The van der Waals surface area contributed by atoms with Gasteiger partial charge in [-0.2, -0.15) is 18.6 Å². The van der Waals surface area contributed by atoms with Crippen molar-refractivity contribution in [2.45, 2.75) is 43.9 Å². The van der Waals surface area contributed by atoms with Crippen LogP contribution in [0.2, 0.25) is 0 Å². The van der Waals surface area contributed by atoms with Gasteiger partial charge in [0.1, 0.15) is 6.04 Å². The van der Waals surface area contributed by atoms with E-state index in [9.17, 15) is 18.0 Å². The van der Waals surface area contributed by atoms with Gasteiger partial charge in [0.05, 0.1) is 12.6 Å². The van der Waals surface area contributed by atoms with Gasteiger partial charge in [0.15, 0.2) is 0 Å². The lowest BCUT2D eigenvalue weighted by atomic mass is 10.0. The number of fused-ring (bicyclic) bond motifs is 2. The molecule has 3 aliphatic rings. The molecule has 0 saturated carbocycles. The Morgan fingerprint density at radius 2 is 2.23 bits per heavy atom. The highest BCUT2D eigenvalue weighted by Crippen LogP contribution is 2.30. The Morgan fingerprint density at radius 3 is 2.97 bits per heavy atom. The highest BCUT2D eigenvalue weighted by atomic mass is 32.3. The Morgan fingerprint density at radius 1 is 1.40 bits per heavy atom. The number of rotatable bonds is 8. The Hall–Kier alpha value is -2.26. The lowest BCUT2D eigenvalue weighted by Gasteiger charge is -2.29. The SMILES string of the molecule is O=C(NOC[C@@H]1C[C@H](Cn2cccn2)CN1)[C@@H]1CC[C@@H]2CN1C(=O)N2OS(=O)(=O)O. The zero-order valence-electron chi connectivity index (χ0n) is 16.1. The number of hydrogen-bond donors (Lipinski definition) is 3. The second kappa shape index (κ2) is 8.47. The number of amides is 3. The van der Waals surface area contributed by atoms with Crippen LogP contribution in [-0.2, 0) is 30.9 Å². The highest BCUT2D eigenvalue weighted by molar-refractivity contribution is 7.80. The Bertz CT molecular complexity index is 879. The summed E-state index contributed by atoms with van der Waals surface area (Å²) < 4.78 is 36.9. The van der Waals surface area contributed by atoms with Crippen LogP contribution in [0.15, 0.2) is 18.5 Å². The molecular formula is C16H24N6O7S. The van der Waals surface area contributed by atoms with Crippen LogP contribution < -0.4 is 10.8 Å². The van der Waals surface area contributed by atoms with Crippen LogP contribution in [0.3, 0.4) is 0 Å². The smallest absolute Gasteiger partial charge is 0.311 e. The number of carbonyl (C=O) groups is 2. The van der Waals surface area contributed by atoms with Crippen molar-refractivity contribution in [3.05, 3.63) is 18.5 Å². The third-order valence-electron chi connectivity index (χ3n) is 5.57. The van der Waals surface area contributed by atoms with E-state index in [0.717, 1.165) is 19.5 Å². The maximum atomic E-state index is 12.5. The van der Waals surface area contributed by atoms with Gasteiger partial charge in [0, 0.05) is 38.1 Å². The van der Waals surface area contributed by atoms with Crippen molar-refractivity contribution in [1.82, 2.24) is 30.5 Å². The fraction of sp³-hybridized carbons (Fsp3) is 0.688. The van der Waals surface area contributed by atoms with E-state index in [-0.39, 0.29) is 19.2 Å². The molecule has 30 heavy (non-hydrogen) atoms. The van der Waals surface area contributed by atoms with Crippen molar-refractivity contribution in [1.29, 1.82) is 0 Å². The number of carbonyl (C=O) groups excluding carboxylic acids is 2. The quantitative estimate of drug-likeness (QED) is 0.335. The number of hydrogen-bond acceptors (Lipinski definition) is 8. The van der Waals surface area contributed by atoms with Crippen molar-refractivity contribution in [3.8, 4) is 0 Å². The number of piperidine rings is 1. The van der Waals surface area contributed by atoms with Gasteiger partial charge in [-0.25, -0.2) is 10.3 Å². The molecule has 166 valence electrons. The topological polar surface area (TPSA) is 155 Å². The second-order valence-corrected chi connectivity index (χ2v) is 8.73. The van der Waals surface area contributed by atoms with Gasteiger partial charge < -0.3 is 10.2 Å². The van der Waals surface area contributed by atoms with Crippen LogP contribution in [0.25, 0.3) is 0 Å². The van der Waals surface area contributed by atoms with Crippen molar-refractivity contribution >= 4 is 22.3 Å². The Labute approximate surface area is 173 Å². The fourth-order valence-corrected chi connectivity index (χ4v) is 4.62. The summed E-state index contributed by atoms with van der Waals surface area (Å²) >= 11 is 0. The summed E-state index contributed by atoms with van der Waals surface area (Å²) in [7, 11) is -4.82. The molecule has 4 atom stereocenters. The number of nitrogens with one attached hydrogen (secondary N) is 2. The van der Waals surface area contributed by atoms with Gasteiger partial charge in [-0.05, 0) is 31.2 Å². The third-order valence-corrected chi connectivity index (χ3v) is 5.92. The van der Waals surface area contributed by atoms with Gasteiger partial charge in [-0.1, -0.05) is 0 Å². The average Bonchev–Trinajstić information content (AvgIpc) is 3.40. The predicted octanol–water partition coefficient (Wildman–Crippen LogP) is -1.09. The molecule has 0 aromatic carbocycles. The van der Waals surface area contributed by atoms with E-state index in [0.29, 0.717) is 23.8 Å². The van der Waals surface area contributed by atoms with E-state index < -0.39 is 34.4 Å². The van der Waals surface area contributed by atoms with Gasteiger partial charge in [0.25, 0.3) is 5.91 Å². The molecule has 0 radical (unpaired) electrons. The van der Waals surface area contributed by atoms with Crippen molar-refractivity contribution in [2.24, 2.45) is 5.92 Å². The molecule has 4 heterocycles. The predicted molar refractivity (Wildman–Crippen MR) is 99.6 cm³/mol. The molecule has 0 aliphatic carbocycles. The molecule has 3 saturated heterocycles. The minimum atomic E-state index is -4.82. The number of aromatic nitrogens is 2. The maximum absolute atomic E-state index is 12.5. The molecular weight excluding hydrogens is 420 g/mol. The minimum Gasteiger partial charge on any atom is -0.311 e. The molecule has 14 heteroatoms. The number of urea groups is 1. The average molecular weight is 444 g/mol. The summed E-state index contributed by atoms with van der Waals surface area (Å²) in [6, 6.07) is -0.153.